The van der Waals surface area contributed by atoms with Crippen molar-refractivity contribution < 1.29 is 18.7 Å². The molecule has 4 nitrogen and oxygen atoms in total. The zero-order valence-electron chi connectivity index (χ0n) is 17.3. The number of carbonyl (C=O) groups is 1. The monoisotopic (exact) mass is 417 g/mol. The molecule has 4 rings (SSSR count). The Morgan fingerprint density at radius 2 is 1.71 bits per heavy atom. The van der Waals surface area contributed by atoms with Crippen LogP contribution in [0.15, 0.2) is 72.8 Å². The van der Waals surface area contributed by atoms with E-state index >= 15 is 0 Å². The van der Waals surface area contributed by atoms with Gasteiger partial charge >= 0.3 is 6.09 Å². The summed E-state index contributed by atoms with van der Waals surface area (Å²) in [4.78, 5) is 12.2. The van der Waals surface area contributed by atoms with E-state index in [9.17, 15) is 9.18 Å². The number of alkyl carbamates (subject to hydrolysis) is 1. The molecule has 1 aliphatic rings. The van der Waals surface area contributed by atoms with Gasteiger partial charge in [0.15, 0.2) is 0 Å². The van der Waals surface area contributed by atoms with Gasteiger partial charge < -0.3 is 14.8 Å². The zero-order valence-corrected chi connectivity index (χ0v) is 17.3. The Hall–Kier alpha value is -3.60. The highest BCUT2D eigenvalue weighted by molar-refractivity contribution is 5.79. The lowest BCUT2D eigenvalue weighted by Crippen LogP contribution is -2.26. The first-order valence-electron chi connectivity index (χ1n) is 10.3. The lowest BCUT2D eigenvalue weighted by Gasteiger charge is -2.14. The van der Waals surface area contributed by atoms with E-state index < -0.39 is 6.09 Å². The molecule has 0 aromatic heterocycles. The molecule has 0 atom stereocenters. The van der Waals surface area contributed by atoms with E-state index in [1.54, 1.807) is 18.2 Å². The van der Waals surface area contributed by atoms with Gasteiger partial charge in [0.05, 0.1) is 6.61 Å². The number of benzene rings is 3. The largest absolute Gasteiger partial charge is 0.493 e. The number of hydrogen-bond acceptors (Lipinski definition) is 3. The van der Waals surface area contributed by atoms with Crippen LogP contribution in [0.2, 0.25) is 0 Å². The fourth-order valence-electron chi connectivity index (χ4n) is 3.91. The van der Waals surface area contributed by atoms with Crippen LogP contribution in [0.5, 0.6) is 5.75 Å². The Morgan fingerprint density at radius 1 is 1.03 bits per heavy atom. The van der Waals surface area contributed by atoms with Gasteiger partial charge in [-0.3, -0.25) is 0 Å². The van der Waals surface area contributed by atoms with E-state index in [0.29, 0.717) is 17.9 Å². The SMILES string of the molecule is CCOc1ccc(F)cc1C=CCNC(=O)OCC1c2ccccc2-c2ccccc21. The number of carbonyl (C=O) groups excluding carboxylic acids is 1. The molecule has 5 heteroatoms. The summed E-state index contributed by atoms with van der Waals surface area (Å²) >= 11 is 0. The fourth-order valence-corrected chi connectivity index (χ4v) is 3.91. The maximum Gasteiger partial charge on any atom is 0.407 e. The van der Waals surface area contributed by atoms with Gasteiger partial charge in [-0.25, -0.2) is 9.18 Å². The maximum absolute atomic E-state index is 13.5. The molecule has 158 valence electrons. The Bertz CT molecular complexity index is 1060. The fraction of sp³-hybridized carbons (Fsp3) is 0.192. The normalized spacial score (nSPS) is 12.5. The highest BCUT2D eigenvalue weighted by atomic mass is 19.1. The van der Waals surface area contributed by atoms with Crippen LogP contribution >= 0.6 is 0 Å². The van der Waals surface area contributed by atoms with Gasteiger partial charge in [-0.15, -0.1) is 0 Å². The molecule has 0 radical (unpaired) electrons. The summed E-state index contributed by atoms with van der Waals surface area (Å²) in [6.45, 7) is 2.89. The van der Waals surface area contributed by atoms with E-state index in [2.05, 4.69) is 29.6 Å². The number of nitrogens with one attached hydrogen (secondary N) is 1. The summed E-state index contributed by atoms with van der Waals surface area (Å²) in [7, 11) is 0. The summed E-state index contributed by atoms with van der Waals surface area (Å²) in [5.74, 6) is 0.281. The molecule has 0 aliphatic heterocycles. The van der Waals surface area contributed by atoms with Crippen molar-refractivity contribution in [2.24, 2.45) is 0 Å². The van der Waals surface area contributed by atoms with Crippen LogP contribution < -0.4 is 10.1 Å². The van der Waals surface area contributed by atoms with E-state index in [1.807, 2.05) is 31.2 Å². The average molecular weight is 417 g/mol. The third-order valence-electron chi connectivity index (χ3n) is 5.28. The first-order valence-corrected chi connectivity index (χ1v) is 10.3. The third kappa shape index (κ3) is 4.61. The van der Waals surface area contributed by atoms with Crippen molar-refractivity contribution in [2.75, 3.05) is 19.8 Å². The number of amides is 1. The number of halogens is 1. The number of hydrogen-bond donors (Lipinski definition) is 1. The predicted octanol–water partition coefficient (Wildman–Crippen LogP) is 5.78. The molecule has 3 aromatic rings. The Kier molecular flexibility index (Phi) is 6.32. The van der Waals surface area contributed by atoms with E-state index in [1.165, 1.54) is 34.4 Å². The third-order valence-corrected chi connectivity index (χ3v) is 5.28. The first-order chi connectivity index (χ1) is 15.2. The van der Waals surface area contributed by atoms with Crippen molar-refractivity contribution in [1.29, 1.82) is 0 Å². The summed E-state index contributed by atoms with van der Waals surface area (Å²) in [5, 5.41) is 2.71. The summed E-state index contributed by atoms with van der Waals surface area (Å²) in [6.07, 6.45) is 2.96. The van der Waals surface area contributed by atoms with Crippen LogP contribution in [0.1, 0.15) is 29.5 Å². The second-order valence-electron chi connectivity index (χ2n) is 7.22. The Labute approximate surface area is 181 Å². The molecule has 0 spiro atoms. The molecule has 1 aliphatic carbocycles. The van der Waals surface area contributed by atoms with Gasteiger partial charge in [-0.2, -0.15) is 0 Å². The van der Waals surface area contributed by atoms with Gasteiger partial charge in [0, 0.05) is 18.0 Å². The maximum atomic E-state index is 13.5. The minimum Gasteiger partial charge on any atom is -0.493 e. The van der Waals surface area contributed by atoms with Gasteiger partial charge in [-0.05, 0) is 47.4 Å². The second-order valence-corrected chi connectivity index (χ2v) is 7.22. The van der Waals surface area contributed by atoms with Crippen molar-refractivity contribution in [3.05, 3.63) is 95.3 Å². The lowest BCUT2D eigenvalue weighted by atomic mass is 9.98. The van der Waals surface area contributed by atoms with E-state index in [4.69, 9.17) is 9.47 Å². The minimum atomic E-state index is -0.490. The average Bonchev–Trinajstić information content (AvgIpc) is 3.11. The standard InChI is InChI=1S/C26H24FNO3/c1-2-30-25-14-13-19(27)16-18(25)8-7-15-28-26(29)31-17-24-22-11-5-3-9-20(22)21-10-4-6-12-23(21)24/h3-14,16,24H,2,15,17H2,1H3,(H,28,29). The number of fused-ring (bicyclic) bond motifs is 3. The summed E-state index contributed by atoms with van der Waals surface area (Å²) in [5.41, 5.74) is 5.35. The molecule has 0 saturated heterocycles. The van der Waals surface area contributed by atoms with Crippen molar-refractivity contribution in [3.63, 3.8) is 0 Å². The van der Waals surface area contributed by atoms with Gasteiger partial charge in [0.25, 0.3) is 0 Å². The lowest BCUT2D eigenvalue weighted by molar-refractivity contribution is 0.144. The zero-order chi connectivity index (χ0) is 21.6. The molecule has 31 heavy (non-hydrogen) atoms. The van der Waals surface area contributed by atoms with Crippen molar-refractivity contribution in [2.45, 2.75) is 12.8 Å². The summed E-state index contributed by atoms with van der Waals surface area (Å²) in [6, 6.07) is 20.8. The second kappa shape index (κ2) is 9.47. The molecule has 0 bridgehead atoms. The molecular formula is C26H24FNO3. The van der Waals surface area contributed by atoms with E-state index in [0.717, 1.165) is 0 Å². The van der Waals surface area contributed by atoms with Crippen LogP contribution in [-0.4, -0.2) is 25.9 Å². The van der Waals surface area contributed by atoms with Gasteiger partial charge in [0.1, 0.15) is 18.2 Å². The first kappa shape index (κ1) is 20.7. The van der Waals surface area contributed by atoms with Crippen molar-refractivity contribution >= 4 is 12.2 Å². The van der Waals surface area contributed by atoms with Gasteiger partial charge in [-0.1, -0.05) is 60.7 Å². The van der Waals surface area contributed by atoms with Gasteiger partial charge in [0.2, 0.25) is 0 Å². The van der Waals surface area contributed by atoms with Crippen LogP contribution in [0.3, 0.4) is 0 Å². The van der Waals surface area contributed by atoms with Crippen LogP contribution in [0.25, 0.3) is 17.2 Å². The number of ether oxygens (including phenoxy) is 2. The van der Waals surface area contributed by atoms with E-state index in [-0.39, 0.29) is 24.9 Å². The molecule has 1 N–H and O–H groups in total. The highest BCUT2D eigenvalue weighted by Gasteiger charge is 2.28. The molecule has 1 amide bonds. The smallest absolute Gasteiger partial charge is 0.407 e. The van der Waals surface area contributed by atoms with Crippen LogP contribution in [0.4, 0.5) is 9.18 Å². The molecule has 0 heterocycles. The molecule has 0 unspecified atom stereocenters. The topological polar surface area (TPSA) is 47.6 Å². The quantitative estimate of drug-likeness (QED) is 0.530. The Balaban J connectivity index is 1.34. The minimum absolute atomic E-state index is 0.0229. The highest BCUT2D eigenvalue weighted by Crippen LogP contribution is 2.44. The van der Waals surface area contributed by atoms with Crippen LogP contribution in [0, 0.1) is 5.82 Å². The van der Waals surface area contributed by atoms with Crippen LogP contribution in [-0.2, 0) is 4.74 Å². The van der Waals surface area contributed by atoms with Crippen molar-refractivity contribution in [3.8, 4) is 16.9 Å². The molecular weight excluding hydrogens is 393 g/mol. The molecule has 3 aromatic carbocycles. The van der Waals surface area contributed by atoms with Crippen molar-refractivity contribution in [1.82, 2.24) is 5.32 Å². The Morgan fingerprint density at radius 3 is 2.39 bits per heavy atom. The number of rotatable bonds is 7. The molecule has 0 saturated carbocycles. The molecule has 0 fully saturated rings. The predicted molar refractivity (Wildman–Crippen MR) is 120 cm³/mol. The summed E-state index contributed by atoms with van der Waals surface area (Å²) < 4.78 is 24.5.